The number of aryl methyl sites for hydroxylation is 3. The normalized spacial score (nSPS) is 12.1. The summed E-state index contributed by atoms with van der Waals surface area (Å²) in [4.78, 5) is 8.24. The molecule has 0 radical (unpaired) electrons. The standard InChI is InChI=1S/C18H24F3N5O2/c1-12-6-7-14(15(9-12)27-11-18(19,20)21)10-24-17(22-3)23-8-4-5-16-25-13(2)26-28-16/h6-7,9H,4-5,8,10-11H2,1-3H3,(H2,22,23,24). The van der Waals surface area contributed by atoms with Crippen LogP contribution in [0.5, 0.6) is 5.75 Å². The molecule has 28 heavy (non-hydrogen) atoms. The molecule has 10 heteroatoms. The van der Waals surface area contributed by atoms with E-state index in [1.165, 1.54) is 0 Å². The Morgan fingerprint density at radius 1 is 1.25 bits per heavy atom. The van der Waals surface area contributed by atoms with E-state index in [4.69, 9.17) is 9.26 Å². The molecule has 0 saturated carbocycles. The number of aliphatic imine (C=N–C) groups is 1. The third-order valence-corrected chi connectivity index (χ3v) is 3.71. The summed E-state index contributed by atoms with van der Waals surface area (Å²) in [7, 11) is 1.62. The van der Waals surface area contributed by atoms with Crippen molar-refractivity contribution in [2.45, 2.75) is 39.4 Å². The zero-order valence-electron chi connectivity index (χ0n) is 16.1. The lowest BCUT2D eigenvalue weighted by molar-refractivity contribution is -0.153. The second kappa shape index (κ2) is 9.95. The first-order valence-electron chi connectivity index (χ1n) is 8.79. The van der Waals surface area contributed by atoms with Gasteiger partial charge >= 0.3 is 6.18 Å². The van der Waals surface area contributed by atoms with Gasteiger partial charge in [-0.15, -0.1) is 0 Å². The quantitative estimate of drug-likeness (QED) is 0.403. The third-order valence-electron chi connectivity index (χ3n) is 3.71. The van der Waals surface area contributed by atoms with Gasteiger partial charge in [0, 0.05) is 32.1 Å². The summed E-state index contributed by atoms with van der Waals surface area (Å²) in [5.41, 5.74) is 1.43. The van der Waals surface area contributed by atoms with Crippen molar-refractivity contribution >= 4 is 5.96 Å². The maximum absolute atomic E-state index is 12.5. The van der Waals surface area contributed by atoms with Crippen molar-refractivity contribution in [3.8, 4) is 5.75 Å². The Balaban J connectivity index is 1.83. The lowest BCUT2D eigenvalue weighted by Gasteiger charge is -2.16. The highest BCUT2D eigenvalue weighted by Crippen LogP contribution is 2.23. The molecular formula is C18H24F3N5O2. The second-order valence-electron chi connectivity index (χ2n) is 6.21. The summed E-state index contributed by atoms with van der Waals surface area (Å²) in [6, 6.07) is 5.14. The Hall–Kier alpha value is -2.78. The topological polar surface area (TPSA) is 84.6 Å². The third kappa shape index (κ3) is 7.45. The number of benzene rings is 1. The lowest BCUT2D eigenvalue weighted by atomic mass is 10.1. The van der Waals surface area contributed by atoms with E-state index in [9.17, 15) is 13.2 Å². The van der Waals surface area contributed by atoms with Crippen molar-refractivity contribution in [1.82, 2.24) is 20.8 Å². The van der Waals surface area contributed by atoms with Gasteiger partial charge in [0.25, 0.3) is 0 Å². The summed E-state index contributed by atoms with van der Waals surface area (Å²) in [6.07, 6.45) is -2.99. The Morgan fingerprint density at radius 3 is 2.68 bits per heavy atom. The first-order chi connectivity index (χ1) is 13.3. The van der Waals surface area contributed by atoms with Crippen molar-refractivity contribution in [2.24, 2.45) is 4.99 Å². The molecule has 1 aromatic carbocycles. The minimum absolute atomic E-state index is 0.201. The van der Waals surface area contributed by atoms with Crippen LogP contribution >= 0.6 is 0 Å². The van der Waals surface area contributed by atoms with E-state index in [0.29, 0.717) is 36.2 Å². The zero-order chi connectivity index (χ0) is 20.6. The van der Waals surface area contributed by atoms with Crippen LogP contribution in [0.15, 0.2) is 27.7 Å². The maximum atomic E-state index is 12.5. The van der Waals surface area contributed by atoms with Gasteiger partial charge in [-0.05, 0) is 31.9 Å². The van der Waals surface area contributed by atoms with Crippen LogP contribution in [-0.4, -0.2) is 42.5 Å². The molecule has 0 aliphatic heterocycles. The highest BCUT2D eigenvalue weighted by atomic mass is 19.4. The second-order valence-corrected chi connectivity index (χ2v) is 6.21. The summed E-state index contributed by atoms with van der Waals surface area (Å²) in [6.45, 7) is 3.12. The fourth-order valence-electron chi connectivity index (χ4n) is 2.39. The molecule has 0 aliphatic rings. The monoisotopic (exact) mass is 399 g/mol. The SMILES string of the molecule is CN=C(NCCCc1nc(C)no1)NCc1ccc(C)cc1OCC(F)(F)F. The van der Waals surface area contributed by atoms with Crippen molar-refractivity contribution in [1.29, 1.82) is 0 Å². The molecule has 0 atom stereocenters. The summed E-state index contributed by atoms with van der Waals surface area (Å²) in [5, 5.41) is 9.93. The highest BCUT2D eigenvalue weighted by Gasteiger charge is 2.28. The molecule has 2 rings (SSSR count). The maximum Gasteiger partial charge on any atom is 0.422 e. The summed E-state index contributed by atoms with van der Waals surface area (Å²) < 4.78 is 47.4. The number of ether oxygens (including phenoxy) is 1. The molecule has 0 spiro atoms. The van der Waals surface area contributed by atoms with Crippen LogP contribution in [0.2, 0.25) is 0 Å². The Labute approximate surface area is 161 Å². The number of nitrogens with one attached hydrogen (secondary N) is 2. The first kappa shape index (κ1) is 21.5. The van der Waals surface area contributed by atoms with Gasteiger partial charge < -0.3 is 19.9 Å². The molecule has 2 N–H and O–H groups in total. The number of hydrogen-bond donors (Lipinski definition) is 2. The van der Waals surface area contributed by atoms with Gasteiger partial charge in [-0.25, -0.2) is 0 Å². The molecule has 0 fully saturated rings. The predicted molar refractivity (Wildman–Crippen MR) is 98.3 cm³/mol. The van der Waals surface area contributed by atoms with Gasteiger partial charge in [0.05, 0.1) is 0 Å². The smallest absolute Gasteiger partial charge is 0.422 e. The van der Waals surface area contributed by atoms with E-state index in [-0.39, 0.29) is 12.3 Å². The fourth-order valence-corrected chi connectivity index (χ4v) is 2.39. The predicted octanol–water partition coefficient (Wildman–Crippen LogP) is 2.93. The first-order valence-corrected chi connectivity index (χ1v) is 8.79. The number of rotatable bonds is 8. The van der Waals surface area contributed by atoms with E-state index < -0.39 is 12.8 Å². The molecule has 0 unspecified atom stereocenters. The number of alkyl halides is 3. The van der Waals surface area contributed by atoms with Crippen molar-refractivity contribution in [3.63, 3.8) is 0 Å². The van der Waals surface area contributed by atoms with Gasteiger partial charge in [-0.1, -0.05) is 17.3 Å². The van der Waals surface area contributed by atoms with Crippen LogP contribution in [0.1, 0.15) is 29.3 Å². The largest absolute Gasteiger partial charge is 0.484 e. The molecule has 0 aliphatic carbocycles. The van der Waals surface area contributed by atoms with E-state index in [2.05, 4.69) is 25.8 Å². The van der Waals surface area contributed by atoms with Crippen LogP contribution in [-0.2, 0) is 13.0 Å². The Bertz CT molecular complexity index is 790. The van der Waals surface area contributed by atoms with E-state index in [0.717, 1.165) is 12.0 Å². The van der Waals surface area contributed by atoms with Crippen molar-refractivity contribution < 1.29 is 22.4 Å². The average Bonchev–Trinajstić information content (AvgIpc) is 3.05. The van der Waals surface area contributed by atoms with E-state index in [1.54, 1.807) is 33.0 Å². The summed E-state index contributed by atoms with van der Waals surface area (Å²) >= 11 is 0. The van der Waals surface area contributed by atoms with E-state index >= 15 is 0 Å². The van der Waals surface area contributed by atoms with Crippen LogP contribution in [0.4, 0.5) is 13.2 Å². The molecular weight excluding hydrogens is 375 g/mol. The van der Waals surface area contributed by atoms with Gasteiger partial charge in [0.15, 0.2) is 18.4 Å². The van der Waals surface area contributed by atoms with Gasteiger partial charge in [0.1, 0.15) is 5.75 Å². The van der Waals surface area contributed by atoms with Crippen LogP contribution in [0, 0.1) is 13.8 Å². The van der Waals surface area contributed by atoms with Crippen molar-refractivity contribution in [3.05, 3.63) is 41.0 Å². The average molecular weight is 399 g/mol. The number of nitrogens with zero attached hydrogens (tertiary/aromatic N) is 3. The minimum atomic E-state index is -4.39. The molecule has 2 aromatic rings. The zero-order valence-corrected chi connectivity index (χ0v) is 16.1. The van der Waals surface area contributed by atoms with Gasteiger partial charge in [-0.2, -0.15) is 18.2 Å². The highest BCUT2D eigenvalue weighted by molar-refractivity contribution is 5.79. The fraction of sp³-hybridized carbons (Fsp3) is 0.500. The van der Waals surface area contributed by atoms with Gasteiger partial charge in [0.2, 0.25) is 5.89 Å². The molecule has 7 nitrogen and oxygen atoms in total. The Morgan fingerprint density at radius 2 is 2.04 bits per heavy atom. The summed E-state index contributed by atoms with van der Waals surface area (Å²) in [5.74, 6) is 1.91. The number of hydrogen-bond acceptors (Lipinski definition) is 5. The number of guanidine groups is 1. The molecule has 0 amide bonds. The van der Waals surface area contributed by atoms with Gasteiger partial charge in [-0.3, -0.25) is 4.99 Å². The lowest BCUT2D eigenvalue weighted by Crippen LogP contribution is -2.37. The number of halogens is 3. The van der Waals surface area contributed by atoms with Crippen LogP contribution in [0.3, 0.4) is 0 Å². The Kier molecular flexibility index (Phi) is 7.65. The molecule has 0 saturated heterocycles. The minimum Gasteiger partial charge on any atom is -0.484 e. The molecule has 1 heterocycles. The van der Waals surface area contributed by atoms with Crippen molar-refractivity contribution in [2.75, 3.05) is 20.2 Å². The molecule has 154 valence electrons. The molecule has 1 aromatic heterocycles. The van der Waals surface area contributed by atoms with E-state index in [1.807, 2.05) is 6.07 Å². The molecule has 0 bridgehead atoms. The van der Waals surface area contributed by atoms with Crippen LogP contribution in [0.25, 0.3) is 0 Å². The van der Waals surface area contributed by atoms with Crippen LogP contribution < -0.4 is 15.4 Å². The number of aromatic nitrogens is 2.